The van der Waals surface area contributed by atoms with Gasteiger partial charge in [-0.1, -0.05) is 109 Å². The fourth-order valence-corrected chi connectivity index (χ4v) is 5.02. The number of halogens is 2. The lowest BCUT2D eigenvalue weighted by molar-refractivity contribution is -0.193. The van der Waals surface area contributed by atoms with Gasteiger partial charge < -0.3 is 14.2 Å². The molecule has 1 heterocycles. The molecule has 0 saturated carbocycles. The van der Waals surface area contributed by atoms with Crippen LogP contribution in [-0.2, 0) is 15.9 Å². The first-order valence-electron chi connectivity index (χ1n) is 15.1. The van der Waals surface area contributed by atoms with Gasteiger partial charge in [0.15, 0.2) is 17.9 Å². The molecular weight excluding hydrogens is 482 g/mol. The highest BCUT2D eigenvalue weighted by atomic mass is 19.2. The van der Waals surface area contributed by atoms with Crippen molar-refractivity contribution in [2.45, 2.75) is 116 Å². The molecule has 0 amide bonds. The summed E-state index contributed by atoms with van der Waals surface area (Å²) in [6, 6.07) is 11.6. The summed E-state index contributed by atoms with van der Waals surface area (Å²) < 4.78 is 46.7. The fourth-order valence-electron chi connectivity index (χ4n) is 5.02. The number of aryl methyl sites for hydroxylation is 1. The smallest absolute Gasteiger partial charge is 0.201 e. The largest absolute Gasteiger partial charge is 0.490 e. The van der Waals surface area contributed by atoms with Crippen LogP contribution >= 0.6 is 0 Å². The Balaban J connectivity index is 1.40. The third kappa shape index (κ3) is 9.96. The van der Waals surface area contributed by atoms with Gasteiger partial charge >= 0.3 is 0 Å². The Kier molecular flexibility index (Phi) is 14.1. The van der Waals surface area contributed by atoms with Gasteiger partial charge in [-0.3, -0.25) is 0 Å². The number of unbranched alkanes of at least 4 members (excludes halogenated alkanes) is 11. The van der Waals surface area contributed by atoms with Gasteiger partial charge in [-0.05, 0) is 42.5 Å². The maximum atomic E-state index is 14.8. The highest BCUT2D eigenvalue weighted by molar-refractivity contribution is 5.32. The van der Waals surface area contributed by atoms with Crippen LogP contribution in [-0.4, -0.2) is 19.8 Å². The van der Waals surface area contributed by atoms with Crippen LogP contribution < -0.4 is 4.74 Å². The van der Waals surface area contributed by atoms with Crippen LogP contribution in [0.1, 0.15) is 126 Å². The monoisotopic (exact) mass is 530 g/mol. The maximum absolute atomic E-state index is 14.8. The van der Waals surface area contributed by atoms with E-state index in [0.717, 1.165) is 31.2 Å². The van der Waals surface area contributed by atoms with Crippen LogP contribution in [0.5, 0.6) is 5.75 Å². The lowest BCUT2D eigenvalue weighted by Gasteiger charge is -2.30. The lowest BCUT2D eigenvalue weighted by Crippen LogP contribution is -2.26. The Morgan fingerprint density at radius 1 is 0.684 bits per heavy atom. The summed E-state index contributed by atoms with van der Waals surface area (Å²) in [5, 5.41) is 0. The molecule has 212 valence electrons. The first-order chi connectivity index (χ1) is 18.6. The molecule has 0 bridgehead atoms. The molecule has 2 aromatic rings. The molecule has 2 aromatic carbocycles. The van der Waals surface area contributed by atoms with E-state index in [4.69, 9.17) is 14.2 Å². The molecule has 5 heteroatoms. The molecule has 0 radical (unpaired) electrons. The highest BCUT2D eigenvalue weighted by Crippen LogP contribution is 2.34. The Labute approximate surface area is 229 Å². The van der Waals surface area contributed by atoms with Crippen molar-refractivity contribution in [1.29, 1.82) is 0 Å². The molecule has 3 rings (SSSR count). The van der Waals surface area contributed by atoms with E-state index in [-0.39, 0.29) is 17.2 Å². The summed E-state index contributed by atoms with van der Waals surface area (Å²) in [5.41, 5.74) is 2.58. The summed E-state index contributed by atoms with van der Waals surface area (Å²) in [5.74, 6) is -1.90. The van der Waals surface area contributed by atoms with Crippen molar-refractivity contribution in [3.05, 3.63) is 64.7 Å². The second-order valence-electron chi connectivity index (χ2n) is 10.7. The fraction of sp³-hybridized carbons (Fsp3) is 0.636. The first-order valence-corrected chi connectivity index (χ1v) is 15.1. The van der Waals surface area contributed by atoms with Crippen molar-refractivity contribution < 1.29 is 23.0 Å². The summed E-state index contributed by atoms with van der Waals surface area (Å²) in [6.45, 7) is 5.64. The van der Waals surface area contributed by atoms with Gasteiger partial charge in [0, 0.05) is 11.5 Å². The SMILES string of the molecule is CCCCCCCCCCOc1ccc(C2OCC(c3ccc(CCCCCCC)cc3)CO2)c(F)c1F. The predicted octanol–water partition coefficient (Wildman–Crippen LogP) is 9.83. The minimum atomic E-state index is -0.971. The van der Waals surface area contributed by atoms with Crippen LogP contribution in [0.2, 0.25) is 0 Å². The lowest BCUT2D eigenvalue weighted by atomic mass is 9.97. The van der Waals surface area contributed by atoms with E-state index in [0.29, 0.717) is 19.8 Å². The second kappa shape index (κ2) is 17.6. The van der Waals surface area contributed by atoms with Crippen LogP contribution in [0.15, 0.2) is 36.4 Å². The second-order valence-corrected chi connectivity index (χ2v) is 10.7. The summed E-state index contributed by atoms with van der Waals surface area (Å²) in [7, 11) is 0. The summed E-state index contributed by atoms with van der Waals surface area (Å²) >= 11 is 0. The average Bonchev–Trinajstić information content (AvgIpc) is 2.95. The number of ether oxygens (including phenoxy) is 3. The van der Waals surface area contributed by atoms with E-state index in [9.17, 15) is 8.78 Å². The van der Waals surface area contributed by atoms with Gasteiger partial charge in [0.05, 0.1) is 19.8 Å². The van der Waals surface area contributed by atoms with Crippen LogP contribution in [0.3, 0.4) is 0 Å². The molecule has 1 saturated heterocycles. The Bertz CT molecular complexity index is 907. The maximum Gasteiger partial charge on any atom is 0.201 e. The molecule has 38 heavy (non-hydrogen) atoms. The van der Waals surface area contributed by atoms with E-state index in [1.54, 1.807) is 0 Å². The van der Waals surface area contributed by atoms with Crippen molar-refractivity contribution in [2.24, 2.45) is 0 Å². The average molecular weight is 531 g/mol. The minimum absolute atomic E-state index is 0.0478. The van der Waals surface area contributed by atoms with Gasteiger partial charge in [0.25, 0.3) is 0 Å². The van der Waals surface area contributed by atoms with E-state index >= 15 is 0 Å². The number of benzene rings is 2. The zero-order chi connectivity index (χ0) is 27.0. The minimum Gasteiger partial charge on any atom is -0.490 e. The van der Waals surface area contributed by atoms with Gasteiger partial charge in [-0.15, -0.1) is 0 Å². The van der Waals surface area contributed by atoms with Crippen molar-refractivity contribution in [2.75, 3.05) is 19.8 Å². The number of rotatable bonds is 18. The molecule has 0 aliphatic carbocycles. The Morgan fingerprint density at radius 2 is 1.26 bits per heavy atom. The molecule has 3 nitrogen and oxygen atoms in total. The standard InChI is InChI=1S/C33H48F2O3/c1-3-5-7-9-10-11-13-15-23-36-30-22-21-29(31(34)32(30)35)33-37-24-28(25-38-33)27-19-17-26(18-20-27)16-14-12-8-6-4-2/h17-22,28,33H,3-16,23-25H2,1-2H3. The molecule has 1 aliphatic heterocycles. The number of hydrogen-bond acceptors (Lipinski definition) is 3. The van der Waals surface area contributed by atoms with E-state index in [1.807, 2.05) is 0 Å². The van der Waals surface area contributed by atoms with Gasteiger partial charge in [-0.2, -0.15) is 4.39 Å². The first kappa shape index (κ1) is 30.6. The van der Waals surface area contributed by atoms with Crippen LogP contribution in [0.25, 0.3) is 0 Å². The molecule has 0 spiro atoms. The molecule has 1 aliphatic rings. The van der Waals surface area contributed by atoms with E-state index < -0.39 is 17.9 Å². The van der Waals surface area contributed by atoms with Gasteiger partial charge in [0.2, 0.25) is 5.82 Å². The molecule has 0 atom stereocenters. The van der Waals surface area contributed by atoms with Crippen LogP contribution in [0, 0.1) is 11.6 Å². The molecule has 0 aromatic heterocycles. The Hall–Kier alpha value is -1.98. The molecule has 0 unspecified atom stereocenters. The van der Waals surface area contributed by atoms with Crippen LogP contribution in [0.4, 0.5) is 8.78 Å². The highest BCUT2D eigenvalue weighted by Gasteiger charge is 2.28. The summed E-state index contributed by atoms with van der Waals surface area (Å²) in [6.07, 6.45) is 16.0. The van der Waals surface area contributed by atoms with Gasteiger partial charge in [0.1, 0.15) is 0 Å². The third-order valence-corrected chi connectivity index (χ3v) is 7.50. The molecule has 0 N–H and O–H groups in total. The van der Waals surface area contributed by atoms with Crippen molar-refractivity contribution in [1.82, 2.24) is 0 Å². The predicted molar refractivity (Wildman–Crippen MR) is 151 cm³/mol. The zero-order valence-electron chi connectivity index (χ0n) is 23.6. The topological polar surface area (TPSA) is 27.7 Å². The van der Waals surface area contributed by atoms with E-state index in [1.165, 1.54) is 81.9 Å². The quantitative estimate of drug-likeness (QED) is 0.180. The van der Waals surface area contributed by atoms with Gasteiger partial charge in [-0.25, -0.2) is 4.39 Å². The summed E-state index contributed by atoms with van der Waals surface area (Å²) in [4.78, 5) is 0. The van der Waals surface area contributed by atoms with Crippen molar-refractivity contribution in [3.8, 4) is 5.75 Å². The molecule has 1 fully saturated rings. The zero-order valence-corrected chi connectivity index (χ0v) is 23.6. The van der Waals surface area contributed by atoms with E-state index in [2.05, 4.69) is 38.1 Å². The molecular formula is C33H48F2O3. The Morgan fingerprint density at radius 3 is 1.89 bits per heavy atom. The normalized spacial score (nSPS) is 17.6. The van der Waals surface area contributed by atoms with Crippen molar-refractivity contribution in [3.63, 3.8) is 0 Å². The third-order valence-electron chi connectivity index (χ3n) is 7.50. The number of hydrogen-bond donors (Lipinski definition) is 0. The van der Waals surface area contributed by atoms with Crippen molar-refractivity contribution >= 4 is 0 Å².